The number of amides is 1. The van der Waals surface area contributed by atoms with Crippen molar-refractivity contribution in [1.29, 1.82) is 0 Å². The second kappa shape index (κ2) is 6.16. The third-order valence-electron chi connectivity index (χ3n) is 3.12. The highest BCUT2D eigenvalue weighted by atomic mass is 35.5. The van der Waals surface area contributed by atoms with E-state index < -0.39 is 0 Å². The normalized spacial score (nSPS) is 13.4. The molecule has 0 aliphatic carbocycles. The molecule has 2 N–H and O–H groups in total. The van der Waals surface area contributed by atoms with Crippen molar-refractivity contribution in [2.24, 2.45) is 12.5 Å². The van der Waals surface area contributed by atoms with E-state index in [1.54, 1.807) is 7.05 Å². The summed E-state index contributed by atoms with van der Waals surface area (Å²) in [5.74, 6) is -0.246. The summed E-state index contributed by atoms with van der Waals surface area (Å²) in [6, 6.07) is 1.41. The minimum Gasteiger partial charge on any atom is -0.396 e. The van der Waals surface area contributed by atoms with E-state index in [-0.39, 0.29) is 24.0 Å². The summed E-state index contributed by atoms with van der Waals surface area (Å²) in [4.78, 5) is 12.2. The van der Waals surface area contributed by atoms with Crippen molar-refractivity contribution in [3.05, 3.63) is 21.9 Å². The van der Waals surface area contributed by atoms with Crippen LogP contribution in [0.2, 0.25) is 10.2 Å². The first-order valence-corrected chi connectivity index (χ1v) is 6.86. The lowest BCUT2D eigenvalue weighted by atomic mass is 9.85. The zero-order valence-electron chi connectivity index (χ0n) is 11.6. The zero-order valence-corrected chi connectivity index (χ0v) is 13.1. The molecule has 0 bridgehead atoms. The zero-order chi connectivity index (χ0) is 14.8. The van der Waals surface area contributed by atoms with Gasteiger partial charge in [-0.15, -0.1) is 0 Å². The molecule has 1 unspecified atom stereocenters. The molecule has 19 heavy (non-hydrogen) atoms. The van der Waals surface area contributed by atoms with Crippen molar-refractivity contribution >= 4 is 29.1 Å². The quantitative estimate of drug-likeness (QED) is 0.898. The summed E-state index contributed by atoms with van der Waals surface area (Å²) >= 11 is 11.8. The van der Waals surface area contributed by atoms with E-state index in [9.17, 15) is 4.79 Å². The lowest BCUT2D eigenvalue weighted by molar-refractivity contribution is 0.0877. The van der Waals surface area contributed by atoms with Crippen LogP contribution in [0.5, 0.6) is 0 Å². The molecule has 1 rings (SSSR count). The molecule has 4 nitrogen and oxygen atoms in total. The van der Waals surface area contributed by atoms with Gasteiger partial charge in [-0.2, -0.15) is 0 Å². The first kappa shape index (κ1) is 16.3. The van der Waals surface area contributed by atoms with Crippen LogP contribution in [0.4, 0.5) is 0 Å². The van der Waals surface area contributed by atoms with Crippen LogP contribution < -0.4 is 5.32 Å². The molecule has 1 atom stereocenters. The van der Waals surface area contributed by atoms with Crippen molar-refractivity contribution < 1.29 is 9.90 Å². The second-order valence-corrected chi connectivity index (χ2v) is 6.40. The smallest absolute Gasteiger partial charge is 0.268 e. The molecule has 0 aliphatic heterocycles. The van der Waals surface area contributed by atoms with Crippen LogP contribution in [-0.4, -0.2) is 28.2 Å². The number of rotatable bonds is 4. The monoisotopic (exact) mass is 306 g/mol. The fourth-order valence-electron chi connectivity index (χ4n) is 1.84. The highest BCUT2D eigenvalue weighted by molar-refractivity contribution is 6.41. The van der Waals surface area contributed by atoms with Gasteiger partial charge in [0.05, 0.1) is 5.02 Å². The summed E-state index contributed by atoms with van der Waals surface area (Å²) in [5, 5.41) is 12.7. The number of hydrogen-bond acceptors (Lipinski definition) is 2. The number of nitrogens with one attached hydrogen (secondary N) is 1. The number of carbonyl (C=O) groups is 1. The summed E-state index contributed by atoms with van der Waals surface area (Å²) in [5.41, 5.74) is 0.263. The Morgan fingerprint density at radius 2 is 2.05 bits per heavy atom. The molecule has 1 aromatic heterocycles. The molecule has 1 heterocycles. The van der Waals surface area contributed by atoms with Gasteiger partial charge in [-0.3, -0.25) is 4.79 Å². The van der Waals surface area contributed by atoms with Gasteiger partial charge in [0, 0.05) is 19.7 Å². The molecule has 0 radical (unpaired) electrons. The largest absolute Gasteiger partial charge is 0.396 e. The van der Waals surface area contributed by atoms with Gasteiger partial charge in [0.15, 0.2) is 0 Å². The highest BCUT2D eigenvalue weighted by Gasteiger charge is 2.27. The van der Waals surface area contributed by atoms with Crippen LogP contribution in [-0.2, 0) is 7.05 Å². The number of aromatic nitrogens is 1. The summed E-state index contributed by atoms with van der Waals surface area (Å²) in [6.45, 7) is 6.06. The van der Waals surface area contributed by atoms with Gasteiger partial charge in [-0.25, -0.2) is 0 Å². The molecule has 0 fully saturated rings. The molecule has 0 spiro atoms. The molecular weight excluding hydrogens is 287 g/mol. The minimum atomic E-state index is -0.246. The molecule has 6 heteroatoms. The van der Waals surface area contributed by atoms with Crippen molar-refractivity contribution in [1.82, 2.24) is 9.88 Å². The Morgan fingerprint density at radius 3 is 2.42 bits per heavy atom. The number of aliphatic hydroxyl groups excluding tert-OH is 1. The number of carbonyl (C=O) groups excluding carboxylic acids is 1. The van der Waals surface area contributed by atoms with Crippen LogP contribution in [0, 0.1) is 5.41 Å². The molecule has 0 aromatic carbocycles. The average Bonchev–Trinajstić information content (AvgIpc) is 2.55. The van der Waals surface area contributed by atoms with Crippen LogP contribution in [0.15, 0.2) is 6.07 Å². The van der Waals surface area contributed by atoms with Crippen molar-refractivity contribution in [2.45, 2.75) is 33.2 Å². The molecular formula is C13H20Cl2N2O2. The first-order chi connectivity index (χ1) is 8.68. The molecule has 0 aliphatic rings. The molecule has 0 saturated carbocycles. The number of nitrogens with zero attached hydrogens (tertiary/aromatic N) is 1. The van der Waals surface area contributed by atoms with Crippen molar-refractivity contribution in [2.75, 3.05) is 6.61 Å². The molecule has 1 aromatic rings. The third-order valence-corrected chi connectivity index (χ3v) is 3.96. The number of aliphatic hydroxyl groups is 1. The number of hydrogen-bond donors (Lipinski definition) is 2. The lowest BCUT2D eigenvalue weighted by Crippen LogP contribution is -2.44. The summed E-state index contributed by atoms with van der Waals surface area (Å²) in [7, 11) is 1.68. The highest BCUT2D eigenvalue weighted by Crippen LogP contribution is 2.26. The SMILES string of the molecule is Cn1c(C(=O)NC(CCO)C(C)(C)C)cc(Cl)c1Cl. The molecule has 0 saturated heterocycles. The van der Waals surface area contributed by atoms with Crippen LogP contribution in [0.25, 0.3) is 0 Å². The Bertz CT molecular complexity index is 464. The van der Waals surface area contributed by atoms with E-state index in [1.807, 2.05) is 20.8 Å². The van der Waals surface area contributed by atoms with Gasteiger partial charge in [-0.1, -0.05) is 44.0 Å². The Hall–Kier alpha value is -0.710. The predicted octanol–water partition coefficient (Wildman–Crippen LogP) is 2.86. The van der Waals surface area contributed by atoms with Crippen molar-refractivity contribution in [3.8, 4) is 0 Å². The maximum absolute atomic E-state index is 12.2. The summed E-state index contributed by atoms with van der Waals surface area (Å²) < 4.78 is 1.54. The van der Waals surface area contributed by atoms with Gasteiger partial charge >= 0.3 is 0 Å². The Labute approximate surface area is 123 Å². The van der Waals surface area contributed by atoms with Gasteiger partial charge in [0.25, 0.3) is 5.91 Å². The van der Waals surface area contributed by atoms with Crippen molar-refractivity contribution in [3.63, 3.8) is 0 Å². The maximum Gasteiger partial charge on any atom is 0.268 e. The van der Waals surface area contributed by atoms with Crippen LogP contribution in [0.3, 0.4) is 0 Å². The van der Waals surface area contributed by atoms with E-state index in [4.69, 9.17) is 28.3 Å². The van der Waals surface area contributed by atoms with E-state index >= 15 is 0 Å². The van der Waals surface area contributed by atoms with E-state index in [1.165, 1.54) is 10.6 Å². The van der Waals surface area contributed by atoms with Crippen LogP contribution in [0.1, 0.15) is 37.7 Å². The lowest BCUT2D eigenvalue weighted by Gasteiger charge is -2.31. The second-order valence-electron chi connectivity index (χ2n) is 5.63. The molecule has 108 valence electrons. The minimum absolute atomic E-state index is 0.0247. The maximum atomic E-state index is 12.2. The fourth-order valence-corrected chi connectivity index (χ4v) is 2.22. The van der Waals surface area contributed by atoms with E-state index in [0.29, 0.717) is 22.3 Å². The summed E-state index contributed by atoms with van der Waals surface area (Å²) in [6.07, 6.45) is 0.501. The Kier molecular flexibility index (Phi) is 5.30. The predicted molar refractivity (Wildman–Crippen MR) is 77.8 cm³/mol. The third kappa shape index (κ3) is 3.88. The van der Waals surface area contributed by atoms with Gasteiger partial charge in [-0.05, 0) is 17.9 Å². The van der Waals surface area contributed by atoms with E-state index in [2.05, 4.69) is 5.32 Å². The van der Waals surface area contributed by atoms with Gasteiger partial charge in [0.2, 0.25) is 0 Å². The first-order valence-electron chi connectivity index (χ1n) is 6.11. The average molecular weight is 307 g/mol. The Morgan fingerprint density at radius 1 is 1.47 bits per heavy atom. The van der Waals surface area contributed by atoms with Crippen LogP contribution >= 0.6 is 23.2 Å². The standard InChI is InChI=1S/C13H20Cl2N2O2/c1-13(2,3)10(5-6-18)16-12(19)9-7-8(14)11(15)17(9)4/h7,10,18H,5-6H2,1-4H3,(H,16,19). The van der Waals surface area contributed by atoms with E-state index in [0.717, 1.165) is 0 Å². The molecule has 1 amide bonds. The van der Waals surface area contributed by atoms with Gasteiger partial charge in [0.1, 0.15) is 10.8 Å². The van der Waals surface area contributed by atoms with Gasteiger partial charge < -0.3 is 15.0 Å². The fraction of sp³-hybridized carbons (Fsp3) is 0.615. The number of halogens is 2. The Balaban J connectivity index is 2.91. The topological polar surface area (TPSA) is 54.3 Å².